The van der Waals surface area contributed by atoms with Crippen LogP contribution in [0.3, 0.4) is 0 Å². The second-order valence-corrected chi connectivity index (χ2v) is 5.36. The SMILES string of the molecule is N#CCCC(OCc1ccc2ccccc2n1)Oc1ccccc1. The summed E-state index contributed by atoms with van der Waals surface area (Å²) in [4.78, 5) is 4.59. The van der Waals surface area contributed by atoms with Gasteiger partial charge in [-0.3, -0.25) is 4.98 Å². The van der Waals surface area contributed by atoms with E-state index in [1.807, 2.05) is 66.7 Å². The molecule has 0 bridgehead atoms. The van der Waals surface area contributed by atoms with Crippen molar-refractivity contribution < 1.29 is 9.47 Å². The molecule has 120 valence electrons. The lowest BCUT2D eigenvalue weighted by Gasteiger charge is -2.18. The Labute approximate surface area is 141 Å². The van der Waals surface area contributed by atoms with Crippen LogP contribution < -0.4 is 4.74 Å². The summed E-state index contributed by atoms with van der Waals surface area (Å²) in [6.07, 6.45) is 0.419. The molecule has 1 atom stereocenters. The smallest absolute Gasteiger partial charge is 0.201 e. The Morgan fingerprint density at radius 2 is 1.75 bits per heavy atom. The molecule has 0 aliphatic carbocycles. The summed E-state index contributed by atoms with van der Waals surface area (Å²) in [6, 6.07) is 23.6. The van der Waals surface area contributed by atoms with Crippen molar-refractivity contribution in [2.45, 2.75) is 25.7 Å². The van der Waals surface area contributed by atoms with Crippen molar-refractivity contribution in [2.24, 2.45) is 0 Å². The fraction of sp³-hybridized carbons (Fsp3) is 0.200. The minimum atomic E-state index is -0.472. The van der Waals surface area contributed by atoms with E-state index in [-0.39, 0.29) is 0 Å². The maximum absolute atomic E-state index is 8.81. The third-order valence-corrected chi connectivity index (χ3v) is 3.58. The Kier molecular flexibility index (Phi) is 5.39. The van der Waals surface area contributed by atoms with E-state index in [9.17, 15) is 0 Å². The first-order valence-electron chi connectivity index (χ1n) is 7.90. The van der Waals surface area contributed by atoms with Gasteiger partial charge in [-0.1, -0.05) is 42.5 Å². The van der Waals surface area contributed by atoms with Gasteiger partial charge in [0, 0.05) is 18.2 Å². The highest BCUT2D eigenvalue weighted by atomic mass is 16.7. The molecule has 0 saturated carbocycles. The first-order chi connectivity index (χ1) is 11.8. The van der Waals surface area contributed by atoms with E-state index in [0.29, 0.717) is 19.4 Å². The molecule has 0 spiro atoms. The number of para-hydroxylation sites is 2. The number of hydrogen-bond acceptors (Lipinski definition) is 4. The number of hydrogen-bond donors (Lipinski definition) is 0. The van der Waals surface area contributed by atoms with Crippen LogP contribution in [0.25, 0.3) is 10.9 Å². The lowest BCUT2D eigenvalue weighted by atomic mass is 10.2. The highest BCUT2D eigenvalue weighted by Crippen LogP contribution is 2.17. The average molecular weight is 318 g/mol. The summed E-state index contributed by atoms with van der Waals surface area (Å²) in [5.41, 5.74) is 1.78. The van der Waals surface area contributed by atoms with Gasteiger partial charge < -0.3 is 9.47 Å². The second kappa shape index (κ2) is 8.09. The summed E-state index contributed by atoms with van der Waals surface area (Å²) in [5.74, 6) is 0.729. The fourth-order valence-corrected chi connectivity index (χ4v) is 2.38. The van der Waals surface area contributed by atoms with Crippen LogP contribution in [0.5, 0.6) is 5.75 Å². The highest BCUT2D eigenvalue weighted by molar-refractivity contribution is 5.78. The van der Waals surface area contributed by atoms with Crippen molar-refractivity contribution in [3.8, 4) is 11.8 Å². The van der Waals surface area contributed by atoms with Crippen LogP contribution in [-0.4, -0.2) is 11.3 Å². The van der Waals surface area contributed by atoms with Gasteiger partial charge in [0.1, 0.15) is 5.75 Å². The number of benzene rings is 2. The van der Waals surface area contributed by atoms with Crippen LogP contribution in [0.4, 0.5) is 0 Å². The lowest BCUT2D eigenvalue weighted by Crippen LogP contribution is -2.20. The molecule has 2 aromatic carbocycles. The third kappa shape index (κ3) is 4.31. The summed E-state index contributed by atoms with van der Waals surface area (Å²) >= 11 is 0. The number of rotatable bonds is 7. The van der Waals surface area contributed by atoms with Crippen molar-refractivity contribution in [1.29, 1.82) is 5.26 Å². The quantitative estimate of drug-likeness (QED) is 0.603. The van der Waals surface area contributed by atoms with Gasteiger partial charge in [0.2, 0.25) is 6.29 Å². The van der Waals surface area contributed by atoms with E-state index < -0.39 is 6.29 Å². The van der Waals surface area contributed by atoms with Crippen LogP contribution in [0, 0.1) is 11.3 Å². The van der Waals surface area contributed by atoms with Crippen LogP contribution in [0.1, 0.15) is 18.5 Å². The monoisotopic (exact) mass is 318 g/mol. The Balaban J connectivity index is 1.66. The summed E-state index contributed by atoms with van der Waals surface area (Å²) in [6.45, 7) is 0.341. The molecule has 3 aromatic rings. The second-order valence-electron chi connectivity index (χ2n) is 5.36. The van der Waals surface area contributed by atoms with E-state index >= 15 is 0 Å². The van der Waals surface area contributed by atoms with E-state index in [0.717, 1.165) is 22.3 Å². The van der Waals surface area contributed by atoms with Gasteiger partial charge in [0.25, 0.3) is 0 Å². The predicted octanol–water partition coefficient (Wildman–Crippen LogP) is 4.46. The molecular formula is C20H18N2O2. The van der Waals surface area contributed by atoms with Gasteiger partial charge >= 0.3 is 0 Å². The van der Waals surface area contributed by atoms with Crippen molar-refractivity contribution in [3.05, 3.63) is 72.4 Å². The number of nitriles is 1. The van der Waals surface area contributed by atoms with Gasteiger partial charge in [-0.25, -0.2) is 0 Å². The number of ether oxygens (including phenoxy) is 2. The molecule has 0 fully saturated rings. The molecule has 1 aromatic heterocycles. The van der Waals surface area contributed by atoms with Crippen molar-refractivity contribution >= 4 is 10.9 Å². The standard InChI is InChI=1S/C20H18N2O2/c21-14-6-11-20(24-18-8-2-1-3-9-18)23-15-17-13-12-16-7-4-5-10-19(16)22-17/h1-5,7-10,12-13,20H,6,11,15H2. The Hall–Kier alpha value is -2.90. The minimum Gasteiger partial charge on any atom is -0.465 e. The van der Waals surface area contributed by atoms with Gasteiger partial charge in [-0.05, 0) is 24.3 Å². The maximum atomic E-state index is 8.81. The topological polar surface area (TPSA) is 55.1 Å². The molecule has 4 heteroatoms. The Morgan fingerprint density at radius 3 is 2.58 bits per heavy atom. The molecular weight excluding hydrogens is 300 g/mol. The van der Waals surface area contributed by atoms with Gasteiger partial charge in [-0.15, -0.1) is 0 Å². The van der Waals surface area contributed by atoms with E-state index in [2.05, 4.69) is 11.1 Å². The zero-order valence-corrected chi connectivity index (χ0v) is 13.3. The summed E-state index contributed by atoms with van der Waals surface area (Å²) in [7, 11) is 0. The number of fused-ring (bicyclic) bond motifs is 1. The molecule has 4 nitrogen and oxygen atoms in total. The van der Waals surface area contributed by atoms with E-state index in [1.54, 1.807) is 0 Å². The molecule has 0 radical (unpaired) electrons. The molecule has 0 N–H and O–H groups in total. The Morgan fingerprint density at radius 1 is 0.958 bits per heavy atom. The largest absolute Gasteiger partial charge is 0.465 e. The first kappa shape index (κ1) is 16.0. The number of aromatic nitrogens is 1. The van der Waals surface area contributed by atoms with Crippen molar-refractivity contribution in [1.82, 2.24) is 4.98 Å². The van der Waals surface area contributed by atoms with E-state index in [1.165, 1.54) is 0 Å². The summed E-state index contributed by atoms with van der Waals surface area (Å²) in [5, 5.41) is 9.91. The predicted molar refractivity (Wildman–Crippen MR) is 92.2 cm³/mol. The van der Waals surface area contributed by atoms with Crippen LogP contribution >= 0.6 is 0 Å². The van der Waals surface area contributed by atoms with Gasteiger partial charge in [0.05, 0.1) is 23.9 Å². The Bertz CT molecular complexity index is 828. The van der Waals surface area contributed by atoms with Crippen LogP contribution in [-0.2, 0) is 11.3 Å². The van der Waals surface area contributed by atoms with E-state index in [4.69, 9.17) is 14.7 Å². The molecule has 0 aliphatic heterocycles. The van der Waals surface area contributed by atoms with Crippen LogP contribution in [0.2, 0.25) is 0 Å². The molecule has 3 rings (SSSR count). The zero-order valence-electron chi connectivity index (χ0n) is 13.3. The maximum Gasteiger partial charge on any atom is 0.201 e. The van der Waals surface area contributed by atoms with Crippen molar-refractivity contribution in [2.75, 3.05) is 0 Å². The molecule has 24 heavy (non-hydrogen) atoms. The highest BCUT2D eigenvalue weighted by Gasteiger charge is 2.12. The third-order valence-electron chi connectivity index (χ3n) is 3.58. The molecule has 1 heterocycles. The molecule has 0 saturated heterocycles. The average Bonchev–Trinajstić information content (AvgIpc) is 2.64. The van der Waals surface area contributed by atoms with Crippen molar-refractivity contribution in [3.63, 3.8) is 0 Å². The normalized spacial score (nSPS) is 11.8. The summed E-state index contributed by atoms with van der Waals surface area (Å²) < 4.78 is 11.7. The molecule has 1 unspecified atom stereocenters. The van der Waals surface area contributed by atoms with Gasteiger partial charge in [0.15, 0.2) is 0 Å². The first-order valence-corrected chi connectivity index (χ1v) is 7.90. The number of pyridine rings is 1. The zero-order chi connectivity index (χ0) is 16.6. The fourth-order valence-electron chi connectivity index (χ4n) is 2.38. The minimum absolute atomic E-state index is 0.341. The number of nitrogens with zero attached hydrogens (tertiary/aromatic N) is 2. The molecule has 0 aliphatic rings. The van der Waals surface area contributed by atoms with Gasteiger partial charge in [-0.2, -0.15) is 5.26 Å². The lowest BCUT2D eigenvalue weighted by molar-refractivity contribution is -0.0933. The molecule has 0 amide bonds. The van der Waals surface area contributed by atoms with Crippen LogP contribution in [0.15, 0.2) is 66.7 Å².